The summed E-state index contributed by atoms with van der Waals surface area (Å²) < 4.78 is 11.2. The number of carbonyl (C=O) groups excluding carboxylic acids is 2. The van der Waals surface area contributed by atoms with E-state index in [1.165, 1.54) is 13.0 Å². The number of fused-ring (bicyclic) bond motifs is 1. The standard InChI is InChI=1S/C20H26O9/c1-7-4-10(21)13(23)17(3)9(7)5-11-18-6-28-20(27,16(17)18)12(22)8(2)19(18,26)14(24)15(25)29-11/h4,8-9,11-14,16,22-24,26-27H,5-6H2,1-3H3/t8-,9+,11-,12-,13-,14+,16-,17-,18-,19+,20+/m1/s1. The molecule has 4 fully saturated rings. The second-order valence-corrected chi connectivity index (χ2v) is 9.75. The van der Waals surface area contributed by atoms with Crippen molar-refractivity contribution >= 4 is 11.8 Å². The first-order valence-electron chi connectivity index (χ1n) is 9.93. The van der Waals surface area contributed by atoms with Crippen molar-refractivity contribution in [3.05, 3.63) is 11.6 Å². The average Bonchev–Trinajstić information content (AvgIpc) is 2.98. The first-order valence-corrected chi connectivity index (χ1v) is 9.93. The number of ether oxygens (including phenoxy) is 2. The molecular formula is C20H26O9. The Bertz CT molecular complexity index is 855. The Balaban J connectivity index is 1.84. The molecule has 2 aliphatic heterocycles. The summed E-state index contributed by atoms with van der Waals surface area (Å²) in [5.41, 5.74) is -4.35. The number of rotatable bonds is 0. The minimum atomic E-state index is -2.19. The van der Waals surface area contributed by atoms with Crippen molar-refractivity contribution in [3.63, 3.8) is 0 Å². The van der Waals surface area contributed by atoms with Crippen LogP contribution in [0.15, 0.2) is 11.6 Å². The molecule has 0 aromatic rings. The van der Waals surface area contributed by atoms with E-state index in [0.717, 1.165) is 0 Å². The van der Waals surface area contributed by atoms with Gasteiger partial charge in [-0.1, -0.05) is 19.4 Å². The van der Waals surface area contributed by atoms with Gasteiger partial charge in [0.25, 0.3) is 0 Å². The van der Waals surface area contributed by atoms with Crippen LogP contribution in [-0.2, 0) is 19.1 Å². The highest BCUT2D eigenvalue weighted by atomic mass is 16.7. The minimum absolute atomic E-state index is 0.183. The molecule has 0 aromatic carbocycles. The van der Waals surface area contributed by atoms with Crippen molar-refractivity contribution in [1.29, 1.82) is 0 Å². The smallest absolute Gasteiger partial charge is 0.338 e. The van der Waals surface area contributed by atoms with Crippen molar-refractivity contribution < 1.29 is 44.6 Å². The predicted octanol–water partition coefficient (Wildman–Crippen LogP) is -1.75. The first kappa shape index (κ1) is 19.6. The van der Waals surface area contributed by atoms with Gasteiger partial charge in [0, 0.05) is 17.3 Å². The van der Waals surface area contributed by atoms with Crippen LogP contribution >= 0.6 is 0 Å². The van der Waals surface area contributed by atoms with Gasteiger partial charge >= 0.3 is 5.97 Å². The molecule has 2 saturated heterocycles. The van der Waals surface area contributed by atoms with Gasteiger partial charge in [-0.25, -0.2) is 4.79 Å². The summed E-state index contributed by atoms with van der Waals surface area (Å²) in [5.74, 6) is -6.52. The number of esters is 1. The molecule has 11 atom stereocenters. The van der Waals surface area contributed by atoms with E-state index in [-0.39, 0.29) is 13.0 Å². The molecule has 9 nitrogen and oxygen atoms in total. The largest absolute Gasteiger partial charge is 0.460 e. The zero-order valence-electron chi connectivity index (χ0n) is 16.4. The third-order valence-electron chi connectivity index (χ3n) is 8.88. The number of carbonyl (C=O) groups is 2. The summed E-state index contributed by atoms with van der Waals surface area (Å²) in [6, 6.07) is 0. The fourth-order valence-electron chi connectivity index (χ4n) is 7.59. The maximum absolute atomic E-state index is 12.6. The summed E-state index contributed by atoms with van der Waals surface area (Å²) in [5, 5.41) is 56.0. The molecule has 0 unspecified atom stereocenters. The molecule has 5 N–H and O–H groups in total. The Labute approximate surface area is 166 Å². The second kappa shape index (κ2) is 5.27. The highest BCUT2D eigenvalue weighted by Crippen LogP contribution is 2.74. The summed E-state index contributed by atoms with van der Waals surface area (Å²) in [6.07, 6.45) is -4.56. The average molecular weight is 410 g/mol. The van der Waals surface area contributed by atoms with Crippen LogP contribution in [0.3, 0.4) is 0 Å². The Hall–Kier alpha value is -1.36. The van der Waals surface area contributed by atoms with E-state index in [1.54, 1.807) is 13.8 Å². The molecule has 0 amide bonds. The van der Waals surface area contributed by atoms with E-state index in [9.17, 15) is 35.1 Å². The van der Waals surface area contributed by atoms with Crippen molar-refractivity contribution in [2.24, 2.45) is 28.6 Å². The topological polar surface area (TPSA) is 154 Å². The molecule has 1 spiro atoms. The summed E-state index contributed by atoms with van der Waals surface area (Å²) >= 11 is 0. The minimum Gasteiger partial charge on any atom is -0.460 e. The van der Waals surface area contributed by atoms with Crippen LogP contribution in [0.4, 0.5) is 0 Å². The van der Waals surface area contributed by atoms with E-state index >= 15 is 0 Å². The van der Waals surface area contributed by atoms with Crippen LogP contribution in [0.1, 0.15) is 27.2 Å². The lowest BCUT2D eigenvalue weighted by molar-refractivity contribution is -0.375. The lowest BCUT2D eigenvalue weighted by Crippen LogP contribution is -2.84. The van der Waals surface area contributed by atoms with Crippen molar-refractivity contribution in [1.82, 2.24) is 0 Å². The Kier molecular flexibility index (Phi) is 3.56. The van der Waals surface area contributed by atoms with Gasteiger partial charge in [-0.15, -0.1) is 0 Å². The zero-order valence-corrected chi connectivity index (χ0v) is 16.4. The van der Waals surface area contributed by atoms with Crippen molar-refractivity contribution in [2.75, 3.05) is 6.61 Å². The number of ketones is 1. The van der Waals surface area contributed by atoms with Crippen molar-refractivity contribution in [3.8, 4) is 0 Å². The van der Waals surface area contributed by atoms with Gasteiger partial charge in [-0.2, -0.15) is 0 Å². The monoisotopic (exact) mass is 410 g/mol. The molecule has 5 rings (SSSR count). The van der Waals surface area contributed by atoms with Crippen LogP contribution in [0.5, 0.6) is 0 Å². The van der Waals surface area contributed by atoms with Gasteiger partial charge in [0.05, 0.1) is 12.0 Å². The molecule has 9 heteroatoms. The SMILES string of the molecule is CC1=CC(=O)[C@@H](O)[C@]2(C)[C@H]3[C@@]4(O)OC[C@@]35[C@@H](C[C@@H]12)OC(=O)[C@H](O)[C@@]5(O)[C@H](C)[C@H]4O. The highest BCUT2D eigenvalue weighted by molar-refractivity contribution is 5.96. The van der Waals surface area contributed by atoms with Gasteiger partial charge in [0.2, 0.25) is 0 Å². The highest BCUT2D eigenvalue weighted by Gasteiger charge is 2.87. The van der Waals surface area contributed by atoms with Crippen LogP contribution in [0.2, 0.25) is 0 Å². The van der Waals surface area contributed by atoms with Crippen LogP contribution < -0.4 is 0 Å². The normalized spacial score (nSPS) is 60.8. The third kappa shape index (κ3) is 1.73. The van der Waals surface area contributed by atoms with Gasteiger partial charge < -0.3 is 35.0 Å². The molecule has 2 heterocycles. The molecule has 2 bridgehead atoms. The summed E-state index contributed by atoms with van der Waals surface area (Å²) in [6.45, 7) is 4.49. The number of allylic oxidation sites excluding steroid dienone is 1. The van der Waals surface area contributed by atoms with E-state index in [2.05, 4.69) is 0 Å². The lowest BCUT2D eigenvalue weighted by Gasteiger charge is -2.70. The number of hydrogen-bond acceptors (Lipinski definition) is 9. The second-order valence-electron chi connectivity index (χ2n) is 9.75. The molecule has 0 radical (unpaired) electrons. The van der Waals surface area contributed by atoms with E-state index in [1.807, 2.05) is 0 Å². The third-order valence-corrected chi connectivity index (χ3v) is 8.88. The molecule has 160 valence electrons. The summed E-state index contributed by atoms with van der Waals surface area (Å²) in [4.78, 5) is 25.0. The van der Waals surface area contributed by atoms with E-state index in [0.29, 0.717) is 5.57 Å². The van der Waals surface area contributed by atoms with Gasteiger partial charge in [-0.05, 0) is 25.3 Å². The number of aliphatic hydroxyl groups is 5. The number of aliphatic hydroxyl groups excluding tert-OH is 3. The van der Waals surface area contributed by atoms with Gasteiger partial charge in [0.1, 0.15) is 23.9 Å². The van der Waals surface area contributed by atoms with Crippen LogP contribution in [-0.4, -0.2) is 79.7 Å². The van der Waals surface area contributed by atoms with Crippen LogP contribution in [0.25, 0.3) is 0 Å². The number of hydrogen-bond donors (Lipinski definition) is 5. The molecular weight excluding hydrogens is 384 g/mol. The Morgan fingerprint density at radius 2 is 1.79 bits per heavy atom. The lowest BCUT2D eigenvalue weighted by atomic mass is 9.36. The summed E-state index contributed by atoms with van der Waals surface area (Å²) in [7, 11) is 0. The van der Waals surface area contributed by atoms with Gasteiger partial charge in [-0.3, -0.25) is 4.79 Å². The maximum atomic E-state index is 12.6. The predicted molar refractivity (Wildman–Crippen MR) is 93.8 cm³/mol. The Morgan fingerprint density at radius 1 is 1.14 bits per heavy atom. The molecule has 0 aromatic heterocycles. The molecule has 29 heavy (non-hydrogen) atoms. The fourth-order valence-corrected chi connectivity index (χ4v) is 7.59. The first-order chi connectivity index (χ1) is 13.4. The fraction of sp³-hybridized carbons (Fsp3) is 0.800. The maximum Gasteiger partial charge on any atom is 0.338 e. The van der Waals surface area contributed by atoms with Gasteiger partial charge in [0.15, 0.2) is 17.7 Å². The zero-order chi connectivity index (χ0) is 21.3. The van der Waals surface area contributed by atoms with Crippen molar-refractivity contribution in [2.45, 2.75) is 63.0 Å². The molecule has 3 aliphatic carbocycles. The molecule has 5 aliphatic rings. The van der Waals surface area contributed by atoms with E-state index < -0.39 is 76.1 Å². The van der Waals surface area contributed by atoms with Crippen LogP contribution in [0, 0.1) is 28.6 Å². The quantitative estimate of drug-likeness (QED) is 0.293. The van der Waals surface area contributed by atoms with E-state index in [4.69, 9.17) is 9.47 Å². The molecule has 2 saturated carbocycles. The Morgan fingerprint density at radius 3 is 2.45 bits per heavy atom.